The Balaban J connectivity index is -0.0000000600. The molecule has 6 N–H and O–H groups in total. The van der Waals surface area contributed by atoms with Crippen molar-refractivity contribution < 1.29 is 25.6 Å². The van der Waals surface area contributed by atoms with Gasteiger partial charge in [0.2, 0.25) is 0 Å². The van der Waals surface area contributed by atoms with Crippen molar-refractivity contribution in [2.45, 2.75) is 0 Å². The fourth-order valence-corrected chi connectivity index (χ4v) is 0.249. The molecule has 10 heavy (non-hydrogen) atoms. The van der Waals surface area contributed by atoms with Gasteiger partial charge in [-0.2, -0.15) is 0 Å². The molecule has 0 aromatic carbocycles. The van der Waals surface area contributed by atoms with E-state index in [0.29, 0.717) is 0 Å². The summed E-state index contributed by atoms with van der Waals surface area (Å²) in [6.45, 7) is 0. The minimum absolute atomic E-state index is 0. The van der Waals surface area contributed by atoms with Crippen LogP contribution in [0.25, 0.3) is 0 Å². The predicted molar refractivity (Wildman–Crippen MR) is 34.4 cm³/mol. The molecular formula is H7BrN4O4Pd. The van der Waals surface area contributed by atoms with Crippen molar-refractivity contribution in [3.05, 3.63) is 20.2 Å². The second-order valence-corrected chi connectivity index (χ2v) is 1.89. The molecule has 0 heterocycles. The van der Waals surface area contributed by atoms with Crippen molar-refractivity contribution in [3.8, 4) is 0 Å². The van der Waals surface area contributed by atoms with Crippen LogP contribution in [-0.2, 0) is 18.5 Å². The first-order chi connectivity index (χ1) is 3.13. The predicted octanol–water partition coefficient (Wildman–Crippen LogP) is 0.354. The van der Waals surface area contributed by atoms with Crippen molar-refractivity contribution in [2.24, 2.45) is 0 Å². The minimum atomic E-state index is -1.58. The van der Waals surface area contributed by atoms with Gasteiger partial charge in [0.25, 0.3) is 0 Å². The van der Waals surface area contributed by atoms with Gasteiger partial charge < -0.3 is 12.3 Å². The van der Waals surface area contributed by atoms with Crippen LogP contribution in [0.5, 0.6) is 0 Å². The molecular weight excluding hydrogens is 306 g/mol. The van der Waals surface area contributed by atoms with E-state index in [9.17, 15) is 20.2 Å². The quantitative estimate of drug-likeness (QED) is 0.425. The normalized spacial score (nSPS) is 6.00. The van der Waals surface area contributed by atoms with Crippen LogP contribution in [0.2, 0.25) is 0 Å². The second-order valence-electron chi connectivity index (χ2n) is 0.443. The van der Waals surface area contributed by atoms with Crippen LogP contribution >= 0.6 is 17.0 Å². The Hall–Kier alpha value is -0.138. The zero-order valence-corrected chi connectivity index (χ0v) is 7.93. The first kappa shape index (κ1) is 22.5. The molecule has 0 aliphatic carbocycles. The molecule has 0 atom stereocenters. The molecule has 0 aliphatic heterocycles. The second kappa shape index (κ2) is 11.6. The Bertz CT molecular complexity index is 93.4. The first-order valence-corrected chi connectivity index (χ1v) is 2.40. The van der Waals surface area contributed by atoms with Gasteiger partial charge in [-0.15, -0.1) is 17.0 Å². The third-order valence-corrected chi connectivity index (χ3v) is 0.611. The third-order valence-electron chi connectivity index (χ3n) is 0.103. The Morgan fingerprint density at radius 1 is 1.00 bits per heavy atom. The van der Waals surface area contributed by atoms with E-state index in [0.717, 1.165) is 0 Å². The average molecular weight is 313 g/mol. The van der Waals surface area contributed by atoms with E-state index in [1.54, 1.807) is 0 Å². The molecule has 0 unspecified atom stereocenters. The number of hydrogen-bond acceptors (Lipinski definition) is 6. The molecule has 10 heteroatoms. The number of hydrogen-bond donors (Lipinski definition) is 2. The van der Waals surface area contributed by atoms with Crippen molar-refractivity contribution in [1.29, 1.82) is 0 Å². The van der Waals surface area contributed by atoms with Gasteiger partial charge in [-0.25, -0.2) is 0 Å². The first-order valence-electron chi connectivity index (χ1n) is 1.01. The topological polar surface area (TPSA) is 156 Å². The Kier molecular flexibility index (Phi) is 26.2. The monoisotopic (exact) mass is 312 g/mol. The summed E-state index contributed by atoms with van der Waals surface area (Å²) in [5, 5.41) is 18.4. The molecule has 0 saturated heterocycles. The van der Waals surface area contributed by atoms with Crippen LogP contribution in [0.4, 0.5) is 0 Å². The Morgan fingerprint density at radius 3 is 1.20 bits per heavy atom. The van der Waals surface area contributed by atoms with Crippen molar-refractivity contribution in [1.82, 2.24) is 12.3 Å². The molecule has 0 amide bonds. The summed E-state index contributed by atoms with van der Waals surface area (Å²) in [7, 11) is 0. The van der Waals surface area contributed by atoms with Crippen LogP contribution in [-0.4, -0.2) is 7.11 Å². The van der Waals surface area contributed by atoms with Gasteiger partial charge in [-0.3, -0.25) is 0 Å². The van der Waals surface area contributed by atoms with E-state index < -0.39 is 25.6 Å². The van der Waals surface area contributed by atoms with E-state index >= 15 is 0 Å². The molecule has 0 aliphatic rings. The summed E-state index contributed by atoms with van der Waals surface area (Å²) in [5.74, 6) is 0. The summed E-state index contributed by atoms with van der Waals surface area (Å²) in [4.78, 5) is 18.4. The Labute approximate surface area is 75.3 Å². The van der Waals surface area contributed by atoms with Crippen LogP contribution in [0, 0.1) is 20.2 Å². The number of nitrogens with zero attached hydrogens (tertiary/aromatic N) is 2. The van der Waals surface area contributed by atoms with Crippen molar-refractivity contribution in [2.75, 3.05) is 0 Å². The standard InChI is InChI=1S/BrH.2NO2.2H3N.Pd/c;2*2-1-3;;;/h1H;;;2*1H3;. The molecule has 0 radical (unpaired) electrons. The van der Waals surface area contributed by atoms with Crippen LogP contribution in [0.15, 0.2) is 0 Å². The van der Waals surface area contributed by atoms with E-state index in [2.05, 4.69) is 0 Å². The zero-order chi connectivity index (χ0) is 5.86. The molecule has 0 spiro atoms. The molecule has 0 rings (SSSR count). The summed E-state index contributed by atoms with van der Waals surface area (Å²) in [6, 6.07) is 0. The number of rotatable bonds is 2. The fourth-order valence-electron chi connectivity index (χ4n) is 0.0422. The maximum atomic E-state index is 9.20. The fraction of sp³-hybridized carbons (Fsp3) is 0. The average Bonchev–Trinajstić information content (AvgIpc) is 1.27. The molecule has 8 nitrogen and oxygen atoms in total. The van der Waals surface area contributed by atoms with E-state index in [-0.39, 0.29) is 29.3 Å². The molecule has 0 aromatic rings. The van der Waals surface area contributed by atoms with Gasteiger partial charge in [0.05, 0.1) is 0 Å². The molecule has 0 saturated carbocycles. The molecule has 0 fully saturated rings. The summed E-state index contributed by atoms with van der Waals surface area (Å²) in [5.41, 5.74) is 0. The van der Waals surface area contributed by atoms with Crippen molar-refractivity contribution >= 4 is 17.0 Å². The van der Waals surface area contributed by atoms with E-state index in [1.807, 2.05) is 0 Å². The maximum absolute atomic E-state index is 9.20. The summed E-state index contributed by atoms with van der Waals surface area (Å²) < 4.78 is -1.90. The van der Waals surface area contributed by atoms with Gasteiger partial charge in [0.1, 0.15) is 0 Å². The number of nitro groups is 2. The van der Waals surface area contributed by atoms with Gasteiger partial charge in [-0.05, 0) is 0 Å². The van der Waals surface area contributed by atoms with Gasteiger partial charge in [0.15, 0.2) is 0 Å². The van der Waals surface area contributed by atoms with Crippen LogP contribution < -0.4 is 12.3 Å². The van der Waals surface area contributed by atoms with Crippen LogP contribution in [0.1, 0.15) is 0 Å². The van der Waals surface area contributed by atoms with Crippen molar-refractivity contribution in [3.63, 3.8) is 0 Å². The zero-order valence-electron chi connectivity index (χ0n) is 4.67. The Morgan fingerprint density at radius 2 is 1.20 bits per heavy atom. The van der Waals surface area contributed by atoms with Gasteiger partial charge in [0, 0.05) is 0 Å². The van der Waals surface area contributed by atoms with E-state index in [4.69, 9.17) is 0 Å². The molecule has 0 aromatic heterocycles. The molecule has 68 valence electrons. The van der Waals surface area contributed by atoms with Crippen LogP contribution in [0.3, 0.4) is 0 Å². The molecule has 0 bridgehead atoms. The summed E-state index contributed by atoms with van der Waals surface area (Å²) in [6.07, 6.45) is 0. The van der Waals surface area contributed by atoms with Gasteiger partial charge in [-0.1, -0.05) is 0 Å². The summed E-state index contributed by atoms with van der Waals surface area (Å²) >= 11 is -1.58. The third kappa shape index (κ3) is 24.8. The van der Waals surface area contributed by atoms with E-state index in [1.165, 1.54) is 0 Å². The van der Waals surface area contributed by atoms with Gasteiger partial charge >= 0.3 is 45.8 Å². The SMILES string of the molecule is Br.N.N.O=[N+]([O-])[Pd][N+](=O)[O-]. The number of halogens is 1.